The van der Waals surface area contributed by atoms with Crippen LogP contribution in [0.15, 0.2) is 53.4 Å². The van der Waals surface area contributed by atoms with E-state index in [1.165, 1.54) is 16.4 Å². The number of anilines is 1. The van der Waals surface area contributed by atoms with Crippen LogP contribution >= 0.6 is 0 Å². The van der Waals surface area contributed by atoms with Crippen LogP contribution in [0.25, 0.3) is 0 Å². The van der Waals surface area contributed by atoms with Gasteiger partial charge in [0.1, 0.15) is 11.0 Å². The van der Waals surface area contributed by atoms with Crippen molar-refractivity contribution in [2.45, 2.75) is 11.3 Å². The van der Waals surface area contributed by atoms with Gasteiger partial charge in [-0.15, -0.1) is 0 Å². The molecule has 0 spiro atoms. The van der Waals surface area contributed by atoms with E-state index in [-0.39, 0.29) is 29.2 Å². The molecule has 2 aromatic rings. The summed E-state index contributed by atoms with van der Waals surface area (Å²) in [5.41, 5.74) is 0.857. The van der Waals surface area contributed by atoms with E-state index in [9.17, 15) is 13.2 Å². The predicted octanol–water partition coefficient (Wildman–Crippen LogP) is 2.34. The van der Waals surface area contributed by atoms with Gasteiger partial charge in [-0.25, -0.2) is 8.42 Å². The molecule has 0 unspecified atom stereocenters. The summed E-state index contributed by atoms with van der Waals surface area (Å²) < 4.78 is 27.0. The molecule has 3 rings (SSSR count). The van der Waals surface area contributed by atoms with Gasteiger partial charge >= 0.3 is 0 Å². The summed E-state index contributed by atoms with van der Waals surface area (Å²) in [6.45, 7) is 0.0813. The largest absolute Gasteiger partial charge is 0.294 e. The number of carbonyl (C=O) groups excluding carboxylic acids is 1. The number of carbonyl (C=O) groups is 1. The zero-order valence-electron chi connectivity index (χ0n) is 11.6. The molecule has 0 fully saturated rings. The van der Waals surface area contributed by atoms with Gasteiger partial charge in [-0.3, -0.25) is 9.10 Å². The van der Waals surface area contributed by atoms with Crippen LogP contribution in [0, 0.1) is 11.3 Å². The lowest BCUT2D eigenvalue weighted by Crippen LogP contribution is -2.37. The SMILES string of the molecule is N#Cc1ccccc1S(=O)(=O)N1CCC(=O)c2ccccc21. The molecule has 0 atom stereocenters. The van der Waals surface area contributed by atoms with Gasteiger partial charge in [-0.2, -0.15) is 5.26 Å². The zero-order valence-corrected chi connectivity index (χ0v) is 12.4. The highest BCUT2D eigenvalue weighted by atomic mass is 32.2. The third-order valence-corrected chi connectivity index (χ3v) is 5.46. The van der Waals surface area contributed by atoms with Gasteiger partial charge in [-0.05, 0) is 24.3 Å². The first kappa shape index (κ1) is 14.3. The summed E-state index contributed by atoms with van der Waals surface area (Å²) in [6, 6.07) is 14.6. The number of Topliss-reactive ketones (excluding diaryl/α,β-unsaturated/α-hetero) is 1. The van der Waals surface area contributed by atoms with Crippen LogP contribution in [-0.2, 0) is 10.0 Å². The van der Waals surface area contributed by atoms with Crippen molar-refractivity contribution in [1.82, 2.24) is 0 Å². The molecule has 0 aliphatic carbocycles. The summed E-state index contributed by atoms with van der Waals surface area (Å²) in [5.74, 6) is -0.0735. The van der Waals surface area contributed by atoms with Crippen molar-refractivity contribution < 1.29 is 13.2 Å². The summed E-state index contributed by atoms with van der Waals surface area (Å²) in [5, 5.41) is 9.13. The maximum absolute atomic E-state index is 12.9. The van der Waals surface area contributed by atoms with E-state index in [1.54, 1.807) is 36.4 Å². The Bertz CT molecular complexity index is 898. The fourth-order valence-electron chi connectivity index (χ4n) is 2.54. The van der Waals surface area contributed by atoms with E-state index in [0.717, 1.165) is 0 Å². The topological polar surface area (TPSA) is 78.2 Å². The van der Waals surface area contributed by atoms with Crippen molar-refractivity contribution in [3.05, 3.63) is 59.7 Å². The molecule has 22 heavy (non-hydrogen) atoms. The predicted molar refractivity (Wildman–Crippen MR) is 81.1 cm³/mol. The van der Waals surface area contributed by atoms with Crippen molar-refractivity contribution in [3.63, 3.8) is 0 Å². The maximum Gasteiger partial charge on any atom is 0.265 e. The minimum atomic E-state index is -3.88. The fraction of sp³-hybridized carbons (Fsp3) is 0.125. The van der Waals surface area contributed by atoms with Gasteiger partial charge in [0.25, 0.3) is 10.0 Å². The number of benzene rings is 2. The second-order valence-electron chi connectivity index (χ2n) is 4.88. The van der Waals surface area contributed by atoms with Crippen molar-refractivity contribution in [2.75, 3.05) is 10.8 Å². The molecule has 2 aromatic carbocycles. The van der Waals surface area contributed by atoms with Crippen molar-refractivity contribution >= 4 is 21.5 Å². The van der Waals surface area contributed by atoms with E-state index in [2.05, 4.69) is 0 Å². The van der Waals surface area contributed by atoms with Gasteiger partial charge in [0, 0.05) is 18.5 Å². The fourth-order valence-corrected chi connectivity index (χ4v) is 4.17. The molecule has 1 heterocycles. The minimum absolute atomic E-state index is 0.0401. The number of hydrogen-bond donors (Lipinski definition) is 0. The lowest BCUT2D eigenvalue weighted by Gasteiger charge is -2.29. The lowest BCUT2D eigenvalue weighted by atomic mass is 10.0. The highest BCUT2D eigenvalue weighted by molar-refractivity contribution is 7.93. The average Bonchev–Trinajstić information content (AvgIpc) is 2.55. The Balaban J connectivity index is 2.18. The van der Waals surface area contributed by atoms with Crippen molar-refractivity contribution in [2.24, 2.45) is 0 Å². The van der Waals surface area contributed by atoms with Gasteiger partial charge in [-0.1, -0.05) is 24.3 Å². The minimum Gasteiger partial charge on any atom is -0.294 e. The van der Waals surface area contributed by atoms with Gasteiger partial charge in [0.05, 0.1) is 11.3 Å². The van der Waals surface area contributed by atoms with Crippen LogP contribution in [0.5, 0.6) is 0 Å². The summed E-state index contributed by atoms with van der Waals surface area (Å²) in [4.78, 5) is 11.9. The van der Waals surface area contributed by atoms with Crippen LogP contribution in [-0.4, -0.2) is 20.7 Å². The summed E-state index contributed by atoms with van der Waals surface area (Å²) in [7, 11) is -3.88. The van der Waals surface area contributed by atoms with Crippen LogP contribution in [0.3, 0.4) is 0 Å². The third-order valence-electron chi connectivity index (χ3n) is 3.59. The van der Waals surface area contributed by atoms with Gasteiger partial charge in [0.2, 0.25) is 0 Å². The zero-order chi connectivity index (χ0) is 15.7. The molecule has 0 N–H and O–H groups in total. The molecule has 1 aliphatic heterocycles. The number of sulfonamides is 1. The molecule has 0 aromatic heterocycles. The quantitative estimate of drug-likeness (QED) is 0.852. The summed E-state index contributed by atoms with van der Waals surface area (Å²) >= 11 is 0. The van der Waals surface area contributed by atoms with E-state index in [4.69, 9.17) is 5.26 Å². The first-order chi connectivity index (χ1) is 10.6. The first-order valence-corrected chi connectivity index (χ1v) is 8.14. The normalized spacial score (nSPS) is 14.3. The molecule has 1 aliphatic rings. The Morgan fingerprint density at radius 3 is 2.50 bits per heavy atom. The van der Waals surface area contributed by atoms with E-state index in [1.807, 2.05) is 6.07 Å². The molecule has 0 radical (unpaired) electrons. The highest BCUT2D eigenvalue weighted by Crippen LogP contribution is 2.32. The van der Waals surface area contributed by atoms with Crippen molar-refractivity contribution in [1.29, 1.82) is 5.26 Å². The molecule has 0 saturated heterocycles. The van der Waals surface area contributed by atoms with Crippen LogP contribution in [0.2, 0.25) is 0 Å². The number of nitriles is 1. The smallest absolute Gasteiger partial charge is 0.265 e. The van der Waals surface area contributed by atoms with E-state index >= 15 is 0 Å². The number of hydrogen-bond acceptors (Lipinski definition) is 4. The Morgan fingerprint density at radius 1 is 1.05 bits per heavy atom. The lowest BCUT2D eigenvalue weighted by molar-refractivity contribution is 0.0982. The van der Waals surface area contributed by atoms with Crippen LogP contribution in [0.4, 0.5) is 5.69 Å². The molecule has 5 nitrogen and oxygen atoms in total. The molecule has 6 heteroatoms. The van der Waals surface area contributed by atoms with Crippen LogP contribution < -0.4 is 4.31 Å². The number of para-hydroxylation sites is 1. The number of nitrogens with zero attached hydrogens (tertiary/aromatic N) is 2. The molecule has 0 amide bonds. The average molecular weight is 312 g/mol. The molecule has 0 saturated carbocycles. The van der Waals surface area contributed by atoms with Crippen LogP contribution in [0.1, 0.15) is 22.3 Å². The molecule has 110 valence electrons. The number of fused-ring (bicyclic) bond motifs is 1. The highest BCUT2D eigenvalue weighted by Gasteiger charge is 2.33. The molecular weight excluding hydrogens is 300 g/mol. The molecule has 0 bridgehead atoms. The Hall–Kier alpha value is -2.65. The first-order valence-electron chi connectivity index (χ1n) is 6.70. The van der Waals surface area contributed by atoms with E-state index in [0.29, 0.717) is 11.3 Å². The standard InChI is InChI=1S/C16H12N2O3S/c17-11-12-5-1-4-8-16(12)22(20,21)18-10-9-15(19)13-6-2-3-7-14(13)18/h1-8H,9-10H2. The maximum atomic E-state index is 12.9. The summed E-state index contributed by atoms with van der Waals surface area (Å²) in [6.07, 6.45) is 0.130. The van der Waals surface area contributed by atoms with E-state index < -0.39 is 10.0 Å². The Kier molecular flexibility index (Phi) is 3.43. The second-order valence-corrected chi connectivity index (χ2v) is 6.71. The second kappa shape index (κ2) is 5.28. The Labute approximate surface area is 128 Å². The third kappa shape index (κ3) is 2.16. The van der Waals surface area contributed by atoms with Gasteiger partial charge < -0.3 is 0 Å². The van der Waals surface area contributed by atoms with Crippen molar-refractivity contribution in [3.8, 4) is 6.07 Å². The number of rotatable bonds is 2. The van der Waals surface area contributed by atoms with Gasteiger partial charge in [0.15, 0.2) is 5.78 Å². The molecular formula is C16H12N2O3S. The number of ketones is 1. The Morgan fingerprint density at radius 2 is 1.73 bits per heavy atom. The monoisotopic (exact) mass is 312 g/mol.